The number of unbranched alkanes of at least 4 members (excludes halogenated alkanes) is 3. The molecule has 0 bridgehead atoms. The van der Waals surface area contributed by atoms with Crippen molar-refractivity contribution in [2.75, 3.05) is 33.8 Å². The number of likely N-dealkylation sites (tertiary alicyclic amines) is 1. The first kappa shape index (κ1) is 19.8. The molecule has 5 heteroatoms. The van der Waals surface area contributed by atoms with E-state index in [-0.39, 0.29) is 5.97 Å². The molecule has 0 spiro atoms. The highest BCUT2D eigenvalue weighted by atomic mass is 16.5. The molecule has 23 heavy (non-hydrogen) atoms. The third-order valence-corrected chi connectivity index (χ3v) is 4.42. The molecule has 0 saturated carbocycles. The summed E-state index contributed by atoms with van der Waals surface area (Å²) in [7, 11) is 3.32. The zero-order valence-corrected chi connectivity index (χ0v) is 15.4. The summed E-state index contributed by atoms with van der Waals surface area (Å²) in [6.45, 7) is 7.81. The fourth-order valence-electron chi connectivity index (χ4n) is 3.27. The Morgan fingerprint density at radius 2 is 2.04 bits per heavy atom. The normalized spacial score (nSPS) is 18.6. The van der Waals surface area contributed by atoms with E-state index in [1.54, 1.807) is 0 Å². The fraction of sp³-hybridized carbons (Fsp3) is 0.889. The van der Waals surface area contributed by atoms with Gasteiger partial charge in [-0.25, -0.2) is 0 Å². The lowest BCUT2D eigenvalue weighted by Gasteiger charge is -2.22. The van der Waals surface area contributed by atoms with Crippen molar-refractivity contribution in [1.29, 1.82) is 0 Å². The van der Waals surface area contributed by atoms with E-state index in [0.29, 0.717) is 6.42 Å². The van der Waals surface area contributed by atoms with E-state index < -0.39 is 0 Å². The minimum absolute atomic E-state index is 0.103. The number of hydrogen-bond acceptors (Lipinski definition) is 3. The maximum atomic E-state index is 11.0. The van der Waals surface area contributed by atoms with Crippen LogP contribution in [0.1, 0.15) is 58.8 Å². The SMILES string of the molecule is CN=C(NCCCCCCC(=O)OC)N1CCC(CC(C)C)C1. The van der Waals surface area contributed by atoms with Crippen LogP contribution in [0.25, 0.3) is 0 Å². The average molecular weight is 325 g/mol. The molecule has 1 N–H and O–H groups in total. The molecule has 1 saturated heterocycles. The lowest BCUT2D eigenvalue weighted by Crippen LogP contribution is -2.40. The molecule has 0 aromatic carbocycles. The van der Waals surface area contributed by atoms with Gasteiger partial charge in [0.2, 0.25) is 0 Å². The molecule has 0 radical (unpaired) electrons. The molecule has 5 nitrogen and oxygen atoms in total. The van der Waals surface area contributed by atoms with Gasteiger partial charge >= 0.3 is 5.97 Å². The van der Waals surface area contributed by atoms with Crippen molar-refractivity contribution in [2.24, 2.45) is 16.8 Å². The number of guanidine groups is 1. The highest BCUT2D eigenvalue weighted by molar-refractivity contribution is 5.80. The van der Waals surface area contributed by atoms with Gasteiger partial charge in [-0.05, 0) is 37.5 Å². The summed E-state index contributed by atoms with van der Waals surface area (Å²) in [6.07, 6.45) is 7.39. The standard InChI is InChI=1S/C18H35N3O2/c1-15(2)13-16-10-12-21(14-16)18(19-3)20-11-8-6-5-7-9-17(22)23-4/h15-16H,5-14H2,1-4H3,(H,19,20). The number of nitrogens with one attached hydrogen (secondary N) is 1. The molecule has 1 fully saturated rings. The second-order valence-corrected chi connectivity index (χ2v) is 6.94. The van der Waals surface area contributed by atoms with Crippen molar-refractivity contribution >= 4 is 11.9 Å². The predicted molar refractivity (Wildman–Crippen MR) is 95.6 cm³/mol. The topological polar surface area (TPSA) is 53.9 Å². The van der Waals surface area contributed by atoms with Crippen molar-refractivity contribution in [3.05, 3.63) is 0 Å². The number of esters is 1. The first-order chi connectivity index (χ1) is 11.1. The van der Waals surface area contributed by atoms with Gasteiger partial charge in [0.05, 0.1) is 7.11 Å². The smallest absolute Gasteiger partial charge is 0.305 e. The summed E-state index contributed by atoms with van der Waals surface area (Å²) in [6, 6.07) is 0. The zero-order valence-electron chi connectivity index (χ0n) is 15.4. The minimum atomic E-state index is -0.103. The van der Waals surface area contributed by atoms with E-state index in [4.69, 9.17) is 0 Å². The number of carbonyl (C=O) groups is 1. The minimum Gasteiger partial charge on any atom is -0.469 e. The molecule has 1 aliphatic rings. The first-order valence-corrected chi connectivity index (χ1v) is 9.09. The Bertz CT molecular complexity index is 369. The van der Waals surface area contributed by atoms with E-state index in [0.717, 1.165) is 63.1 Å². The van der Waals surface area contributed by atoms with Crippen molar-refractivity contribution in [1.82, 2.24) is 10.2 Å². The maximum Gasteiger partial charge on any atom is 0.305 e. The predicted octanol–water partition coefficient (Wildman–Crippen LogP) is 3.05. The summed E-state index contributed by atoms with van der Waals surface area (Å²) in [5, 5.41) is 3.48. The van der Waals surface area contributed by atoms with Crippen molar-refractivity contribution in [3.63, 3.8) is 0 Å². The Labute approximate surface area is 141 Å². The number of hydrogen-bond donors (Lipinski definition) is 1. The third kappa shape index (κ3) is 8.24. The summed E-state index contributed by atoms with van der Waals surface area (Å²) >= 11 is 0. The molecular formula is C18H35N3O2. The molecule has 1 heterocycles. The molecule has 0 aromatic heterocycles. The number of nitrogens with zero attached hydrogens (tertiary/aromatic N) is 2. The van der Waals surface area contributed by atoms with Gasteiger partial charge in [-0.1, -0.05) is 26.7 Å². The summed E-state index contributed by atoms with van der Waals surface area (Å²) in [4.78, 5) is 17.8. The lowest BCUT2D eigenvalue weighted by molar-refractivity contribution is -0.140. The van der Waals surface area contributed by atoms with Crippen LogP contribution in [0.2, 0.25) is 0 Å². The van der Waals surface area contributed by atoms with Gasteiger partial charge in [0.15, 0.2) is 5.96 Å². The van der Waals surface area contributed by atoms with Gasteiger partial charge < -0.3 is 15.0 Å². The third-order valence-electron chi connectivity index (χ3n) is 4.42. The number of methoxy groups -OCH3 is 1. The van der Waals surface area contributed by atoms with Crippen LogP contribution in [0.5, 0.6) is 0 Å². The second kappa shape index (κ2) is 11.3. The lowest BCUT2D eigenvalue weighted by atomic mass is 9.97. The average Bonchev–Trinajstić information content (AvgIpc) is 2.97. The quantitative estimate of drug-likeness (QED) is 0.306. The van der Waals surface area contributed by atoms with E-state index >= 15 is 0 Å². The summed E-state index contributed by atoms with van der Waals surface area (Å²) in [5.41, 5.74) is 0. The number of ether oxygens (including phenoxy) is 1. The van der Waals surface area contributed by atoms with E-state index in [2.05, 4.69) is 33.8 Å². The number of rotatable bonds is 9. The van der Waals surface area contributed by atoms with Gasteiger partial charge in [-0.3, -0.25) is 9.79 Å². The van der Waals surface area contributed by atoms with Crippen LogP contribution in [0, 0.1) is 11.8 Å². The molecular weight excluding hydrogens is 290 g/mol. The Morgan fingerprint density at radius 1 is 1.30 bits per heavy atom. The van der Waals surface area contributed by atoms with Crippen molar-refractivity contribution in [3.8, 4) is 0 Å². The van der Waals surface area contributed by atoms with Gasteiger partial charge in [0.25, 0.3) is 0 Å². The van der Waals surface area contributed by atoms with Crippen LogP contribution in [0.15, 0.2) is 4.99 Å². The Balaban J connectivity index is 2.12. The zero-order chi connectivity index (χ0) is 17.1. The molecule has 1 atom stereocenters. The largest absolute Gasteiger partial charge is 0.469 e. The van der Waals surface area contributed by atoms with Crippen LogP contribution in [0.4, 0.5) is 0 Å². The molecule has 0 aromatic rings. The van der Waals surface area contributed by atoms with Crippen molar-refractivity contribution < 1.29 is 9.53 Å². The number of aliphatic imine (C=N–C) groups is 1. The van der Waals surface area contributed by atoms with Crippen LogP contribution in [0.3, 0.4) is 0 Å². The van der Waals surface area contributed by atoms with Crippen LogP contribution < -0.4 is 5.32 Å². The Hall–Kier alpha value is -1.26. The molecule has 1 rings (SSSR count). The molecule has 0 amide bonds. The Morgan fingerprint density at radius 3 is 2.70 bits per heavy atom. The maximum absolute atomic E-state index is 11.0. The summed E-state index contributed by atoms with van der Waals surface area (Å²) < 4.78 is 4.64. The molecule has 0 aliphatic carbocycles. The van der Waals surface area contributed by atoms with Gasteiger partial charge in [-0.15, -0.1) is 0 Å². The fourth-order valence-corrected chi connectivity index (χ4v) is 3.27. The Kier molecular flexibility index (Phi) is 9.72. The summed E-state index contributed by atoms with van der Waals surface area (Å²) in [5.74, 6) is 2.53. The van der Waals surface area contributed by atoms with E-state index in [9.17, 15) is 4.79 Å². The van der Waals surface area contributed by atoms with Gasteiger partial charge in [0.1, 0.15) is 0 Å². The van der Waals surface area contributed by atoms with E-state index in [1.807, 2.05) is 7.05 Å². The van der Waals surface area contributed by atoms with Crippen LogP contribution in [-0.4, -0.2) is 50.6 Å². The van der Waals surface area contributed by atoms with E-state index in [1.165, 1.54) is 20.0 Å². The second-order valence-electron chi connectivity index (χ2n) is 6.94. The van der Waals surface area contributed by atoms with Crippen LogP contribution >= 0.6 is 0 Å². The highest BCUT2D eigenvalue weighted by Crippen LogP contribution is 2.23. The molecule has 134 valence electrons. The van der Waals surface area contributed by atoms with Crippen LogP contribution in [-0.2, 0) is 9.53 Å². The molecule has 1 aliphatic heterocycles. The van der Waals surface area contributed by atoms with Gasteiger partial charge in [-0.2, -0.15) is 0 Å². The highest BCUT2D eigenvalue weighted by Gasteiger charge is 2.25. The number of carbonyl (C=O) groups excluding carboxylic acids is 1. The molecule has 1 unspecified atom stereocenters. The monoisotopic (exact) mass is 325 g/mol. The van der Waals surface area contributed by atoms with Crippen molar-refractivity contribution in [2.45, 2.75) is 58.8 Å². The van der Waals surface area contributed by atoms with Gasteiger partial charge in [0, 0.05) is 33.1 Å². The first-order valence-electron chi connectivity index (χ1n) is 9.09.